The Morgan fingerprint density at radius 2 is 2.04 bits per heavy atom. The minimum atomic E-state index is -0.398. The molecule has 0 fully saturated rings. The standard InChI is InChI=1S/C18H17BrFNO3/c1-3-24-16-8-6-14(11-17(16)23-2)21-18(22)9-4-12-10-13(19)5-7-15(12)20/h4-11H,3H2,1-2H3,(H,21,22)/b9-4+. The number of halogens is 2. The molecule has 0 bridgehead atoms. The van der Waals surface area contributed by atoms with Gasteiger partial charge in [-0.3, -0.25) is 4.79 Å². The van der Waals surface area contributed by atoms with Crippen LogP contribution in [0.2, 0.25) is 0 Å². The van der Waals surface area contributed by atoms with E-state index in [1.54, 1.807) is 30.3 Å². The number of hydrogen-bond acceptors (Lipinski definition) is 3. The molecule has 1 amide bonds. The molecule has 0 aliphatic heterocycles. The van der Waals surface area contributed by atoms with E-state index in [9.17, 15) is 9.18 Å². The Bertz CT molecular complexity index is 762. The predicted molar refractivity (Wildman–Crippen MR) is 95.9 cm³/mol. The highest BCUT2D eigenvalue weighted by Gasteiger charge is 2.07. The van der Waals surface area contributed by atoms with E-state index in [1.807, 2.05) is 6.92 Å². The maximum absolute atomic E-state index is 13.6. The van der Waals surface area contributed by atoms with Gasteiger partial charge >= 0.3 is 0 Å². The smallest absolute Gasteiger partial charge is 0.248 e. The summed E-state index contributed by atoms with van der Waals surface area (Å²) in [6.45, 7) is 2.39. The second kappa shape index (κ2) is 8.49. The Kier molecular flexibility index (Phi) is 6.37. The fourth-order valence-electron chi connectivity index (χ4n) is 2.01. The molecule has 0 unspecified atom stereocenters. The largest absolute Gasteiger partial charge is 0.493 e. The number of amides is 1. The molecule has 0 aliphatic carbocycles. The molecule has 0 aromatic heterocycles. The summed E-state index contributed by atoms with van der Waals surface area (Å²) < 4.78 is 25.0. The average Bonchev–Trinajstić information content (AvgIpc) is 2.57. The Hall–Kier alpha value is -2.34. The van der Waals surface area contributed by atoms with E-state index in [0.717, 1.165) is 4.47 Å². The SMILES string of the molecule is CCOc1ccc(NC(=O)/C=C/c2cc(Br)ccc2F)cc1OC. The lowest BCUT2D eigenvalue weighted by Gasteiger charge is -2.11. The molecule has 6 heteroatoms. The first-order valence-electron chi connectivity index (χ1n) is 7.28. The highest BCUT2D eigenvalue weighted by atomic mass is 79.9. The second-order valence-corrected chi connectivity index (χ2v) is 5.70. The van der Waals surface area contributed by atoms with Crippen molar-refractivity contribution in [1.29, 1.82) is 0 Å². The van der Waals surface area contributed by atoms with E-state index in [-0.39, 0.29) is 5.91 Å². The van der Waals surface area contributed by atoms with Gasteiger partial charge in [0.25, 0.3) is 0 Å². The van der Waals surface area contributed by atoms with Crippen LogP contribution < -0.4 is 14.8 Å². The number of hydrogen-bond donors (Lipinski definition) is 1. The second-order valence-electron chi connectivity index (χ2n) is 4.79. The Morgan fingerprint density at radius 3 is 2.75 bits per heavy atom. The molecule has 0 atom stereocenters. The van der Waals surface area contributed by atoms with E-state index in [4.69, 9.17) is 9.47 Å². The fourth-order valence-corrected chi connectivity index (χ4v) is 2.39. The first-order valence-corrected chi connectivity index (χ1v) is 8.07. The zero-order valence-electron chi connectivity index (χ0n) is 13.3. The normalized spacial score (nSPS) is 10.7. The van der Waals surface area contributed by atoms with Gasteiger partial charge in [-0.05, 0) is 43.3 Å². The van der Waals surface area contributed by atoms with Gasteiger partial charge in [0.05, 0.1) is 13.7 Å². The van der Waals surface area contributed by atoms with E-state index >= 15 is 0 Å². The summed E-state index contributed by atoms with van der Waals surface area (Å²) in [6, 6.07) is 9.61. The van der Waals surface area contributed by atoms with Crippen molar-refractivity contribution in [3.05, 3.63) is 58.3 Å². The third-order valence-corrected chi connectivity index (χ3v) is 3.60. The monoisotopic (exact) mass is 393 g/mol. The third-order valence-electron chi connectivity index (χ3n) is 3.10. The lowest BCUT2D eigenvalue weighted by Crippen LogP contribution is -2.08. The van der Waals surface area contributed by atoms with E-state index < -0.39 is 5.82 Å². The molecule has 1 N–H and O–H groups in total. The number of nitrogens with one attached hydrogen (secondary N) is 1. The van der Waals surface area contributed by atoms with Crippen LogP contribution in [0.3, 0.4) is 0 Å². The molecule has 0 radical (unpaired) electrons. The van der Waals surface area contributed by atoms with E-state index in [1.165, 1.54) is 25.3 Å². The van der Waals surface area contributed by atoms with Gasteiger partial charge in [-0.2, -0.15) is 0 Å². The molecule has 0 spiro atoms. The maximum Gasteiger partial charge on any atom is 0.248 e. The molecule has 0 saturated carbocycles. The van der Waals surface area contributed by atoms with Crippen molar-refractivity contribution < 1.29 is 18.7 Å². The highest BCUT2D eigenvalue weighted by Crippen LogP contribution is 2.30. The lowest BCUT2D eigenvalue weighted by atomic mass is 10.2. The number of rotatable bonds is 6. The van der Waals surface area contributed by atoms with Crippen LogP contribution in [0.4, 0.5) is 10.1 Å². The van der Waals surface area contributed by atoms with Crippen LogP contribution in [0.25, 0.3) is 6.08 Å². The minimum Gasteiger partial charge on any atom is -0.493 e. The van der Waals surface area contributed by atoms with Crippen molar-refractivity contribution in [2.24, 2.45) is 0 Å². The number of carbonyl (C=O) groups is 1. The van der Waals surface area contributed by atoms with Crippen molar-refractivity contribution in [3.8, 4) is 11.5 Å². The summed E-state index contributed by atoms with van der Waals surface area (Å²) in [5.41, 5.74) is 0.878. The van der Waals surface area contributed by atoms with Crippen LogP contribution in [0.15, 0.2) is 46.9 Å². The fraction of sp³-hybridized carbons (Fsp3) is 0.167. The summed E-state index contributed by atoms with van der Waals surface area (Å²) >= 11 is 3.27. The summed E-state index contributed by atoms with van der Waals surface area (Å²) in [5.74, 6) is 0.354. The van der Waals surface area contributed by atoms with Gasteiger partial charge in [0.15, 0.2) is 11.5 Å². The molecule has 4 nitrogen and oxygen atoms in total. The van der Waals surface area contributed by atoms with Gasteiger partial charge in [0.2, 0.25) is 5.91 Å². The number of methoxy groups -OCH3 is 1. The summed E-state index contributed by atoms with van der Waals surface area (Å²) in [6.07, 6.45) is 2.69. The maximum atomic E-state index is 13.6. The average molecular weight is 394 g/mol. The summed E-state index contributed by atoms with van der Waals surface area (Å²) in [5, 5.41) is 2.69. The highest BCUT2D eigenvalue weighted by molar-refractivity contribution is 9.10. The van der Waals surface area contributed by atoms with Crippen LogP contribution in [-0.4, -0.2) is 19.6 Å². The zero-order chi connectivity index (χ0) is 17.5. The van der Waals surface area contributed by atoms with Crippen LogP contribution in [-0.2, 0) is 4.79 Å². The Labute approximate surface area is 148 Å². The molecule has 2 rings (SSSR count). The van der Waals surface area contributed by atoms with Crippen molar-refractivity contribution >= 4 is 33.6 Å². The van der Waals surface area contributed by atoms with E-state index in [2.05, 4.69) is 21.2 Å². The van der Waals surface area contributed by atoms with Crippen molar-refractivity contribution in [1.82, 2.24) is 0 Å². The van der Waals surface area contributed by atoms with Gasteiger partial charge in [0, 0.05) is 27.9 Å². The molecule has 0 heterocycles. The number of anilines is 1. The third kappa shape index (κ3) is 4.83. The molecule has 2 aromatic rings. The van der Waals surface area contributed by atoms with Gasteiger partial charge in [-0.25, -0.2) is 4.39 Å². The number of ether oxygens (including phenoxy) is 2. The van der Waals surface area contributed by atoms with Crippen LogP contribution >= 0.6 is 15.9 Å². The van der Waals surface area contributed by atoms with Crippen LogP contribution in [0.1, 0.15) is 12.5 Å². The molecular weight excluding hydrogens is 377 g/mol. The van der Waals surface area contributed by atoms with Crippen molar-refractivity contribution in [2.75, 3.05) is 19.0 Å². The summed E-state index contributed by atoms with van der Waals surface area (Å²) in [4.78, 5) is 12.0. The predicted octanol–water partition coefficient (Wildman–Crippen LogP) is 4.65. The molecule has 24 heavy (non-hydrogen) atoms. The molecule has 0 aliphatic rings. The Morgan fingerprint density at radius 1 is 1.25 bits per heavy atom. The number of carbonyl (C=O) groups excluding carboxylic acids is 1. The topological polar surface area (TPSA) is 47.6 Å². The van der Waals surface area contributed by atoms with Gasteiger partial charge in [0.1, 0.15) is 5.82 Å². The first kappa shape index (κ1) is 18.0. The van der Waals surface area contributed by atoms with E-state index in [0.29, 0.717) is 29.4 Å². The van der Waals surface area contributed by atoms with Crippen LogP contribution in [0, 0.1) is 5.82 Å². The molecule has 0 saturated heterocycles. The van der Waals surface area contributed by atoms with Crippen molar-refractivity contribution in [3.63, 3.8) is 0 Å². The zero-order valence-corrected chi connectivity index (χ0v) is 14.9. The lowest BCUT2D eigenvalue weighted by molar-refractivity contribution is -0.111. The van der Waals surface area contributed by atoms with Crippen LogP contribution in [0.5, 0.6) is 11.5 Å². The molecule has 2 aromatic carbocycles. The van der Waals surface area contributed by atoms with Gasteiger partial charge in [-0.1, -0.05) is 15.9 Å². The minimum absolute atomic E-state index is 0.323. The van der Waals surface area contributed by atoms with Gasteiger partial charge in [-0.15, -0.1) is 0 Å². The molecule has 126 valence electrons. The molecular formula is C18H17BrFNO3. The Balaban J connectivity index is 2.09. The first-order chi connectivity index (χ1) is 11.5. The van der Waals surface area contributed by atoms with Crippen molar-refractivity contribution in [2.45, 2.75) is 6.92 Å². The summed E-state index contributed by atoms with van der Waals surface area (Å²) in [7, 11) is 1.53. The number of benzene rings is 2. The van der Waals surface area contributed by atoms with Gasteiger partial charge < -0.3 is 14.8 Å². The quantitative estimate of drug-likeness (QED) is 0.726.